The highest BCUT2D eigenvalue weighted by molar-refractivity contribution is 5.80. The number of carbonyl (C=O) groups is 2. The second-order valence-corrected chi connectivity index (χ2v) is 6.87. The molecule has 144 valence electrons. The molecular formula is C19H22FN3O4. The first-order valence-corrected chi connectivity index (χ1v) is 8.82. The van der Waals surface area contributed by atoms with Crippen molar-refractivity contribution in [2.45, 2.75) is 44.9 Å². The maximum Gasteiger partial charge on any atom is 0.228 e. The summed E-state index contributed by atoms with van der Waals surface area (Å²) in [6.07, 6.45) is -0.158. The van der Waals surface area contributed by atoms with Crippen LogP contribution in [0.25, 0.3) is 0 Å². The maximum absolute atomic E-state index is 13.2. The fraction of sp³-hybridized carbons (Fsp3) is 0.421. The third-order valence-electron chi connectivity index (χ3n) is 4.61. The van der Waals surface area contributed by atoms with Crippen molar-refractivity contribution in [3.8, 4) is 0 Å². The second-order valence-electron chi connectivity index (χ2n) is 6.87. The van der Waals surface area contributed by atoms with Crippen LogP contribution in [0.2, 0.25) is 0 Å². The van der Waals surface area contributed by atoms with E-state index in [1.807, 2.05) is 0 Å². The Hall–Kier alpha value is -2.74. The first-order valence-electron chi connectivity index (χ1n) is 8.82. The van der Waals surface area contributed by atoms with Crippen molar-refractivity contribution in [3.63, 3.8) is 0 Å². The minimum atomic E-state index is -0.796. The molecule has 3 rings (SSSR count). The van der Waals surface area contributed by atoms with Gasteiger partial charge in [-0.2, -0.15) is 0 Å². The number of hydrogen-bond donors (Lipinski definition) is 3. The van der Waals surface area contributed by atoms with E-state index in [-0.39, 0.29) is 37.0 Å². The number of aliphatic hydroxyl groups is 1. The van der Waals surface area contributed by atoms with Crippen molar-refractivity contribution in [3.05, 3.63) is 53.2 Å². The number of halogens is 1. The van der Waals surface area contributed by atoms with Crippen LogP contribution in [-0.2, 0) is 22.6 Å². The fourth-order valence-corrected chi connectivity index (χ4v) is 3.28. The Morgan fingerprint density at radius 2 is 2.15 bits per heavy atom. The summed E-state index contributed by atoms with van der Waals surface area (Å²) in [7, 11) is 0. The van der Waals surface area contributed by atoms with Crippen LogP contribution in [-0.4, -0.2) is 34.2 Å². The van der Waals surface area contributed by atoms with Crippen molar-refractivity contribution < 1.29 is 23.6 Å². The van der Waals surface area contributed by atoms with E-state index in [0.717, 1.165) is 0 Å². The minimum Gasteiger partial charge on any atom is -0.391 e. The van der Waals surface area contributed by atoms with Crippen LogP contribution in [0.4, 0.5) is 4.39 Å². The van der Waals surface area contributed by atoms with E-state index in [2.05, 4.69) is 15.8 Å². The highest BCUT2D eigenvalue weighted by atomic mass is 19.1. The summed E-state index contributed by atoms with van der Waals surface area (Å²) in [6.45, 7) is 1.98. The average molecular weight is 375 g/mol. The molecule has 0 saturated heterocycles. The Balaban J connectivity index is 1.48. The zero-order chi connectivity index (χ0) is 19.4. The van der Waals surface area contributed by atoms with Crippen LogP contribution in [0.3, 0.4) is 0 Å². The third kappa shape index (κ3) is 5.13. The molecule has 0 unspecified atom stereocenters. The SMILES string of the molecule is Cc1cc(CC(=O)N[C@H]2C[C@H](C(=O)NCc3cccc(F)c3)C[C@@H]2O)on1. The van der Waals surface area contributed by atoms with E-state index < -0.39 is 18.1 Å². The lowest BCUT2D eigenvalue weighted by Crippen LogP contribution is -2.40. The molecule has 1 heterocycles. The Morgan fingerprint density at radius 3 is 2.85 bits per heavy atom. The molecule has 0 radical (unpaired) electrons. The van der Waals surface area contributed by atoms with Gasteiger partial charge in [0.05, 0.1) is 24.3 Å². The molecule has 1 fully saturated rings. The average Bonchev–Trinajstić information content (AvgIpc) is 3.18. The van der Waals surface area contributed by atoms with E-state index in [4.69, 9.17) is 4.52 Å². The summed E-state index contributed by atoms with van der Waals surface area (Å²) in [6, 6.07) is 7.18. The number of aliphatic hydroxyl groups excluding tert-OH is 1. The lowest BCUT2D eigenvalue weighted by Gasteiger charge is -2.15. The van der Waals surface area contributed by atoms with E-state index in [9.17, 15) is 19.1 Å². The van der Waals surface area contributed by atoms with Gasteiger partial charge in [-0.1, -0.05) is 17.3 Å². The molecule has 7 nitrogen and oxygen atoms in total. The molecule has 3 N–H and O–H groups in total. The zero-order valence-corrected chi connectivity index (χ0v) is 14.9. The highest BCUT2D eigenvalue weighted by Gasteiger charge is 2.37. The number of rotatable bonds is 6. The van der Waals surface area contributed by atoms with Gasteiger partial charge in [0.2, 0.25) is 11.8 Å². The second kappa shape index (κ2) is 8.30. The summed E-state index contributed by atoms with van der Waals surface area (Å²) in [5.74, 6) is -0.840. The maximum atomic E-state index is 13.2. The van der Waals surface area contributed by atoms with Gasteiger partial charge in [0.15, 0.2) is 0 Å². The van der Waals surface area contributed by atoms with E-state index in [0.29, 0.717) is 23.4 Å². The standard InChI is InChI=1S/C19H22FN3O4/c1-11-5-15(27-23-11)9-18(25)22-16-7-13(8-17(16)24)19(26)21-10-12-3-2-4-14(20)6-12/h2-6,13,16-17,24H,7-10H2,1H3,(H,21,26)(H,22,25)/t13-,16-,17-/m0/s1. The van der Waals surface area contributed by atoms with Gasteiger partial charge in [-0.3, -0.25) is 9.59 Å². The fourth-order valence-electron chi connectivity index (χ4n) is 3.28. The van der Waals surface area contributed by atoms with Crippen molar-refractivity contribution in [1.82, 2.24) is 15.8 Å². The van der Waals surface area contributed by atoms with Gasteiger partial charge in [-0.05, 0) is 37.5 Å². The number of nitrogens with one attached hydrogen (secondary N) is 2. The summed E-state index contributed by atoms with van der Waals surface area (Å²) in [4.78, 5) is 24.4. The van der Waals surface area contributed by atoms with Crippen molar-refractivity contribution >= 4 is 11.8 Å². The molecule has 3 atom stereocenters. The molecule has 1 saturated carbocycles. The Morgan fingerprint density at radius 1 is 1.33 bits per heavy atom. The number of nitrogens with zero attached hydrogens (tertiary/aromatic N) is 1. The molecule has 27 heavy (non-hydrogen) atoms. The molecule has 1 aromatic heterocycles. The lowest BCUT2D eigenvalue weighted by atomic mass is 10.1. The van der Waals surface area contributed by atoms with Crippen LogP contribution >= 0.6 is 0 Å². The molecule has 0 spiro atoms. The number of benzene rings is 1. The van der Waals surface area contributed by atoms with Gasteiger partial charge >= 0.3 is 0 Å². The molecule has 1 aliphatic carbocycles. The predicted molar refractivity (Wildman–Crippen MR) is 93.9 cm³/mol. The zero-order valence-electron chi connectivity index (χ0n) is 14.9. The lowest BCUT2D eigenvalue weighted by molar-refractivity contribution is -0.125. The summed E-state index contributed by atoms with van der Waals surface area (Å²) >= 11 is 0. The Labute approximate surface area is 155 Å². The largest absolute Gasteiger partial charge is 0.391 e. The Bertz CT molecular complexity index is 823. The number of hydrogen-bond acceptors (Lipinski definition) is 5. The molecule has 2 amide bonds. The number of aromatic nitrogens is 1. The topological polar surface area (TPSA) is 104 Å². The highest BCUT2D eigenvalue weighted by Crippen LogP contribution is 2.26. The Kier molecular flexibility index (Phi) is 5.85. The van der Waals surface area contributed by atoms with Crippen LogP contribution in [0, 0.1) is 18.7 Å². The quantitative estimate of drug-likeness (QED) is 0.705. The molecule has 2 aromatic rings. The van der Waals surface area contributed by atoms with Crippen LogP contribution < -0.4 is 10.6 Å². The summed E-state index contributed by atoms with van der Waals surface area (Å²) in [5, 5.41) is 19.4. The first-order chi connectivity index (χ1) is 12.9. The summed E-state index contributed by atoms with van der Waals surface area (Å²) < 4.78 is 18.2. The number of carbonyl (C=O) groups excluding carboxylic acids is 2. The van der Waals surface area contributed by atoms with E-state index in [1.54, 1.807) is 25.1 Å². The van der Waals surface area contributed by atoms with Gasteiger partial charge in [-0.15, -0.1) is 0 Å². The van der Waals surface area contributed by atoms with Gasteiger partial charge in [0.1, 0.15) is 11.6 Å². The molecule has 0 aliphatic heterocycles. The minimum absolute atomic E-state index is 0.0283. The van der Waals surface area contributed by atoms with E-state index in [1.165, 1.54) is 12.1 Å². The monoisotopic (exact) mass is 375 g/mol. The molecule has 8 heteroatoms. The van der Waals surface area contributed by atoms with E-state index >= 15 is 0 Å². The molecule has 0 bridgehead atoms. The van der Waals surface area contributed by atoms with Gasteiger partial charge in [0.25, 0.3) is 0 Å². The van der Waals surface area contributed by atoms with Crippen molar-refractivity contribution in [2.75, 3.05) is 0 Å². The smallest absolute Gasteiger partial charge is 0.228 e. The van der Waals surface area contributed by atoms with Crippen molar-refractivity contribution in [2.24, 2.45) is 5.92 Å². The van der Waals surface area contributed by atoms with Gasteiger partial charge in [0, 0.05) is 18.5 Å². The predicted octanol–water partition coefficient (Wildman–Crippen LogP) is 1.24. The third-order valence-corrected chi connectivity index (χ3v) is 4.61. The van der Waals surface area contributed by atoms with Crippen LogP contribution in [0.5, 0.6) is 0 Å². The summed E-state index contributed by atoms with van der Waals surface area (Å²) in [5.41, 5.74) is 1.35. The van der Waals surface area contributed by atoms with Crippen LogP contribution in [0.15, 0.2) is 34.9 Å². The number of amides is 2. The molecule has 1 aromatic carbocycles. The molecular weight excluding hydrogens is 353 g/mol. The van der Waals surface area contributed by atoms with Gasteiger partial charge < -0.3 is 20.3 Å². The number of aryl methyl sites for hydroxylation is 1. The first kappa shape index (κ1) is 19.0. The normalized spacial score (nSPS) is 21.8. The molecule has 1 aliphatic rings. The van der Waals surface area contributed by atoms with Crippen LogP contribution in [0.1, 0.15) is 29.9 Å². The van der Waals surface area contributed by atoms with Gasteiger partial charge in [-0.25, -0.2) is 4.39 Å². The van der Waals surface area contributed by atoms with Crippen molar-refractivity contribution in [1.29, 1.82) is 0 Å².